The first-order chi connectivity index (χ1) is 9.66. The van der Waals surface area contributed by atoms with E-state index in [1.807, 2.05) is 31.2 Å². The summed E-state index contributed by atoms with van der Waals surface area (Å²) in [5, 5.41) is 2.98. The van der Waals surface area contributed by atoms with E-state index in [-0.39, 0.29) is 24.7 Å². The number of benzene rings is 1. The molecule has 2 rings (SSSR count). The molecule has 1 aromatic rings. The molecule has 4 heteroatoms. The zero-order chi connectivity index (χ0) is 14.4. The molecule has 1 aromatic carbocycles. The van der Waals surface area contributed by atoms with Crippen molar-refractivity contribution >= 4 is 21.8 Å². The van der Waals surface area contributed by atoms with E-state index >= 15 is 0 Å². The van der Waals surface area contributed by atoms with Crippen molar-refractivity contribution in [2.24, 2.45) is 0 Å². The molecular formula is C16H22BrNO2. The average molecular weight is 340 g/mol. The van der Waals surface area contributed by atoms with E-state index in [4.69, 9.17) is 4.74 Å². The van der Waals surface area contributed by atoms with Crippen molar-refractivity contribution in [3.05, 3.63) is 34.3 Å². The predicted molar refractivity (Wildman–Crippen MR) is 83.5 cm³/mol. The summed E-state index contributed by atoms with van der Waals surface area (Å²) < 4.78 is 6.70. The van der Waals surface area contributed by atoms with Crippen LogP contribution >= 0.6 is 15.9 Å². The van der Waals surface area contributed by atoms with E-state index in [0.29, 0.717) is 0 Å². The van der Waals surface area contributed by atoms with Crippen LogP contribution in [0.2, 0.25) is 0 Å². The summed E-state index contributed by atoms with van der Waals surface area (Å²) in [7, 11) is 0. The Morgan fingerprint density at radius 2 is 2.05 bits per heavy atom. The molecule has 1 aliphatic rings. The number of carbonyl (C=O) groups excluding carboxylic acids is 1. The Hall–Kier alpha value is -0.870. The second kappa shape index (κ2) is 7.79. The highest BCUT2D eigenvalue weighted by atomic mass is 79.9. The van der Waals surface area contributed by atoms with Gasteiger partial charge in [-0.05, 0) is 31.4 Å². The van der Waals surface area contributed by atoms with Crippen molar-refractivity contribution in [2.45, 2.75) is 51.2 Å². The third-order valence-corrected chi connectivity index (χ3v) is 4.47. The van der Waals surface area contributed by atoms with E-state index in [2.05, 4.69) is 21.2 Å². The molecule has 0 aromatic heterocycles. The maximum Gasteiger partial charge on any atom is 0.246 e. The highest BCUT2D eigenvalue weighted by Crippen LogP contribution is 2.23. The fourth-order valence-corrected chi connectivity index (χ4v) is 3.24. The maximum atomic E-state index is 11.9. The van der Waals surface area contributed by atoms with Gasteiger partial charge in [-0.2, -0.15) is 0 Å². The largest absolute Gasteiger partial charge is 0.368 e. The first-order valence-electron chi connectivity index (χ1n) is 7.32. The van der Waals surface area contributed by atoms with Crippen LogP contribution in [0, 0.1) is 0 Å². The van der Waals surface area contributed by atoms with Crippen molar-refractivity contribution in [2.75, 3.05) is 6.61 Å². The Bertz CT molecular complexity index is 444. The zero-order valence-electron chi connectivity index (χ0n) is 11.9. The van der Waals surface area contributed by atoms with Gasteiger partial charge in [0.05, 0.1) is 12.1 Å². The van der Waals surface area contributed by atoms with Crippen LogP contribution in [0.1, 0.15) is 50.6 Å². The number of nitrogens with one attached hydrogen (secondary N) is 1. The molecular weight excluding hydrogens is 318 g/mol. The lowest BCUT2D eigenvalue weighted by Gasteiger charge is -2.22. The minimum atomic E-state index is -0.0428. The molecule has 20 heavy (non-hydrogen) atoms. The van der Waals surface area contributed by atoms with Gasteiger partial charge in [0.2, 0.25) is 5.91 Å². The minimum absolute atomic E-state index is 0.0203. The monoisotopic (exact) mass is 339 g/mol. The number of halogens is 1. The van der Waals surface area contributed by atoms with Crippen molar-refractivity contribution < 1.29 is 9.53 Å². The lowest BCUT2D eigenvalue weighted by molar-refractivity contribution is -0.129. The molecule has 3 nitrogen and oxygen atoms in total. The summed E-state index contributed by atoms with van der Waals surface area (Å²) in [6.07, 6.45) is 6.19. The van der Waals surface area contributed by atoms with E-state index in [1.54, 1.807) is 0 Å². The SMILES string of the molecule is C[C@H](NC(=O)COC1CCCCC1)c1ccccc1Br. The highest BCUT2D eigenvalue weighted by Gasteiger charge is 2.16. The second-order valence-corrected chi connectivity index (χ2v) is 6.24. The molecule has 0 unspecified atom stereocenters. The van der Waals surface area contributed by atoms with Gasteiger partial charge in [-0.25, -0.2) is 0 Å². The van der Waals surface area contributed by atoms with Crippen LogP contribution in [-0.4, -0.2) is 18.6 Å². The Kier molecular flexibility index (Phi) is 6.05. The zero-order valence-corrected chi connectivity index (χ0v) is 13.5. The Morgan fingerprint density at radius 3 is 2.75 bits per heavy atom. The Morgan fingerprint density at radius 1 is 1.35 bits per heavy atom. The van der Waals surface area contributed by atoms with Crippen LogP contribution in [-0.2, 0) is 9.53 Å². The van der Waals surface area contributed by atoms with E-state index in [1.165, 1.54) is 19.3 Å². The number of hydrogen-bond acceptors (Lipinski definition) is 2. The van der Waals surface area contributed by atoms with Gasteiger partial charge in [0.15, 0.2) is 0 Å². The van der Waals surface area contributed by atoms with Gasteiger partial charge in [-0.3, -0.25) is 4.79 Å². The number of amides is 1. The second-order valence-electron chi connectivity index (χ2n) is 5.38. The third kappa shape index (κ3) is 4.60. The van der Waals surface area contributed by atoms with E-state index in [0.717, 1.165) is 22.9 Å². The molecule has 0 saturated heterocycles. The summed E-state index contributed by atoms with van der Waals surface area (Å²) in [6, 6.07) is 7.91. The van der Waals surface area contributed by atoms with E-state index in [9.17, 15) is 4.79 Å². The summed E-state index contributed by atoms with van der Waals surface area (Å²) in [6.45, 7) is 2.15. The van der Waals surface area contributed by atoms with Gasteiger partial charge >= 0.3 is 0 Å². The molecule has 0 radical (unpaired) electrons. The van der Waals surface area contributed by atoms with Crippen LogP contribution in [0.4, 0.5) is 0 Å². The van der Waals surface area contributed by atoms with Crippen LogP contribution in [0.25, 0.3) is 0 Å². The molecule has 0 aliphatic heterocycles. The molecule has 0 bridgehead atoms. The fourth-order valence-electron chi connectivity index (χ4n) is 2.61. The average Bonchev–Trinajstić information content (AvgIpc) is 2.46. The summed E-state index contributed by atoms with van der Waals surface area (Å²) >= 11 is 3.51. The van der Waals surface area contributed by atoms with Gasteiger partial charge < -0.3 is 10.1 Å². The van der Waals surface area contributed by atoms with Crippen molar-refractivity contribution in [3.8, 4) is 0 Å². The molecule has 1 N–H and O–H groups in total. The summed E-state index contributed by atoms with van der Waals surface area (Å²) in [5.74, 6) is -0.0428. The highest BCUT2D eigenvalue weighted by molar-refractivity contribution is 9.10. The predicted octanol–water partition coefficient (Wildman–Crippen LogP) is 3.98. The topological polar surface area (TPSA) is 38.3 Å². The van der Waals surface area contributed by atoms with Crippen LogP contribution < -0.4 is 5.32 Å². The fraction of sp³-hybridized carbons (Fsp3) is 0.562. The standard InChI is InChI=1S/C16H22BrNO2/c1-12(14-9-5-6-10-15(14)17)18-16(19)11-20-13-7-3-2-4-8-13/h5-6,9-10,12-13H,2-4,7-8,11H2,1H3,(H,18,19)/t12-/m0/s1. The molecule has 0 heterocycles. The summed E-state index contributed by atoms with van der Waals surface area (Å²) in [5.41, 5.74) is 1.08. The number of ether oxygens (including phenoxy) is 1. The Labute approximate surface area is 129 Å². The maximum absolute atomic E-state index is 11.9. The molecule has 0 spiro atoms. The van der Waals surface area contributed by atoms with Crippen LogP contribution in [0.3, 0.4) is 0 Å². The number of carbonyl (C=O) groups is 1. The quantitative estimate of drug-likeness (QED) is 0.881. The van der Waals surface area contributed by atoms with Gasteiger partial charge in [0.1, 0.15) is 6.61 Å². The van der Waals surface area contributed by atoms with Crippen molar-refractivity contribution in [1.29, 1.82) is 0 Å². The summed E-state index contributed by atoms with van der Waals surface area (Å²) in [4.78, 5) is 11.9. The lowest BCUT2D eigenvalue weighted by atomic mass is 9.98. The molecule has 110 valence electrons. The number of rotatable bonds is 5. The molecule has 1 saturated carbocycles. The smallest absolute Gasteiger partial charge is 0.246 e. The molecule has 1 atom stereocenters. The molecule has 1 amide bonds. The van der Waals surface area contributed by atoms with Crippen LogP contribution in [0.15, 0.2) is 28.7 Å². The van der Waals surface area contributed by atoms with Gasteiger partial charge in [0.25, 0.3) is 0 Å². The molecule has 1 aliphatic carbocycles. The molecule has 1 fully saturated rings. The van der Waals surface area contributed by atoms with E-state index < -0.39 is 0 Å². The van der Waals surface area contributed by atoms with Gasteiger partial charge in [-0.15, -0.1) is 0 Å². The van der Waals surface area contributed by atoms with Gasteiger partial charge in [0, 0.05) is 4.47 Å². The first kappa shape index (κ1) is 15.5. The van der Waals surface area contributed by atoms with Crippen LogP contribution in [0.5, 0.6) is 0 Å². The normalized spacial score (nSPS) is 17.7. The van der Waals surface area contributed by atoms with Crippen molar-refractivity contribution in [1.82, 2.24) is 5.32 Å². The third-order valence-electron chi connectivity index (χ3n) is 3.75. The first-order valence-corrected chi connectivity index (χ1v) is 8.11. The van der Waals surface area contributed by atoms with Crippen molar-refractivity contribution in [3.63, 3.8) is 0 Å². The van der Waals surface area contributed by atoms with Gasteiger partial charge in [-0.1, -0.05) is 53.4 Å². The minimum Gasteiger partial charge on any atom is -0.368 e. The lowest BCUT2D eigenvalue weighted by Crippen LogP contribution is -2.32. The number of hydrogen-bond donors (Lipinski definition) is 1. The Balaban J connectivity index is 1.77.